The molecule has 2 atom stereocenters. The monoisotopic (exact) mass is 247 g/mol. The first-order valence-electron chi connectivity index (χ1n) is 7.09. The van der Waals surface area contributed by atoms with Crippen molar-refractivity contribution in [3.8, 4) is 0 Å². The number of rotatable bonds is 7. The van der Waals surface area contributed by atoms with Gasteiger partial charge in [-0.25, -0.2) is 0 Å². The second kappa shape index (κ2) is 6.35. The quantitative estimate of drug-likeness (QED) is 0.800. The van der Waals surface area contributed by atoms with Crippen LogP contribution in [-0.2, 0) is 11.2 Å². The highest BCUT2D eigenvalue weighted by Crippen LogP contribution is 2.36. The Morgan fingerprint density at radius 1 is 1.39 bits per heavy atom. The van der Waals surface area contributed by atoms with E-state index in [0.717, 1.165) is 18.9 Å². The average Bonchev–Trinajstić information content (AvgIpc) is 3.18. The molecule has 0 aromatic heterocycles. The van der Waals surface area contributed by atoms with E-state index in [9.17, 15) is 0 Å². The third-order valence-electron chi connectivity index (χ3n) is 3.75. The van der Waals surface area contributed by atoms with Crippen LogP contribution < -0.4 is 5.32 Å². The van der Waals surface area contributed by atoms with Gasteiger partial charge in [-0.3, -0.25) is 0 Å². The number of benzene rings is 1. The van der Waals surface area contributed by atoms with E-state index >= 15 is 0 Å². The fraction of sp³-hybridized carbons (Fsp3) is 0.625. The lowest BCUT2D eigenvalue weighted by atomic mass is 9.97. The Bertz CT molecular complexity index is 373. The zero-order valence-electron chi connectivity index (χ0n) is 11.8. The molecule has 1 aliphatic carbocycles. The zero-order chi connectivity index (χ0) is 13.0. The lowest BCUT2D eigenvalue weighted by molar-refractivity contribution is 0.0211. The smallest absolute Gasteiger partial charge is 0.0759 e. The van der Waals surface area contributed by atoms with Crippen LogP contribution in [0.2, 0.25) is 0 Å². The molecule has 0 aliphatic heterocycles. The van der Waals surface area contributed by atoms with Gasteiger partial charge in [-0.1, -0.05) is 29.8 Å². The van der Waals surface area contributed by atoms with Crippen LogP contribution in [0.15, 0.2) is 24.3 Å². The van der Waals surface area contributed by atoms with Crippen molar-refractivity contribution >= 4 is 0 Å². The van der Waals surface area contributed by atoms with Crippen LogP contribution in [0.1, 0.15) is 30.9 Å². The van der Waals surface area contributed by atoms with Crippen LogP contribution in [0.4, 0.5) is 0 Å². The minimum Gasteiger partial charge on any atom is -0.377 e. The zero-order valence-corrected chi connectivity index (χ0v) is 11.8. The summed E-state index contributed by atoms with van der Waals surface area (Å²) in [5.74, 6) is 0.771. The van der Waals surface area contributed by atoms with E-state index in [1.807, 2.05) is 0 Å². The molecule has 2 unspecified atom stereocenters. The lowest BCUT2D eigenvalue weighted by Crippen LogP contribution is -2.42. The fourth-order valence-corrected chi connectivity index (χ4v) is 2.67. The fourth-order valence-electron chi connectivity index (χ4n) is 2.67. The van der Waals surface area contributed by atoms with Crippen molar-refractivity contribution in [1.82, 2.24) is 5.32 Å². The van der Waals surface area contributed by atoms with Crippen molar-refractivity contribution in [1.29, 1.82) is 0 Å². The third-order valence-corrected chi connectivity index (χ3v) is 3.75. The summed E-state index contributed by atoms with van der Waals surface area (Å²) in [6.07, 6.45) is 4.09. The highest BCUT2D eigenvalue weighted by Gasteiger charge is 2.36. The number of hydrogen-bond acceptors (Lipinski definition) is 2. The van der Waals surface area contributed by atoms with Crippen molar-refractivity contribution in [3.05, 3.63) is 35.4 Å². The standard InChI is InChI=1S/C16H25NO/c1-4-18-16(14-8-9-14)15(17-3)11-13-7-5-6-12(2)10-13/h5-7,10,14-17H,4,8-9,11H2,1-3H3. The van der Waals surface area contributed by atoms with Crippen LogP contribution in [0.3, 0.4) is 0 Å². The minimum atomic E-state index is 0.375. The maximum Gasteiger partial charge on any atom is 0.0759 e. The molecule has 0 heterocycles. The Hall–Kier alpha value is -0.860. The molecule has 1 saturated carbocycles. The largest absolute Gasteiger partial charge is 0.377 e. The molecule has 2 nitrogen and oxygen atoms in total. The molecular formula is C16H25NO. The molecule has 2 rings (SSSR count). The first-order chi connectivity index (χ1) is 8.74. The second-order valence-electron chi connectivity index (χ2n) is 5.35. The van der Waals surface area contributed by atoms with Crippen molar-refractivity contribution < 1.29 is 4.74 Å². The molecule has 100 valence electrons. The van der Waals surface area contributed by atoms with Crippen LogP contribution in [-0.4, -0.2) is 25.8 Å². The van der Waals surface area contributed by atoms with Gasteiger partial charge in [0.25, 0.3) is 0 Å². The lowest BCUT2D eigenvalue weighted by Gasteiger charge is -2.27. The SMILES string of the molecule is CCOC(C1CC1)C(Cc1cccc(C)c1)NC. The van der Waals surface area contributed by atoms with E-state index in [2.05, 4.69) is 50.5 Å². The average molecular weight is 247 g/mol. The molecule has 0 spiro atoms. The summed E-state index contributed by atoms with van der Waals surface area (Å²) in [4.78, 5) is 0. The molecule has 1 aliphatic rings. The van der Waals surface area contributed by atoms with E-state index in [0.29, 0.717) is 12.1 Å². The Morgan fingerprint density at radius 2 is 2.17 bits per heavy atom. The van der Waals surface area contributed by atoms with Gasteiger partial charge in [0.2, 0.25) is 0 Å². The highest BCUT2D eigenvalue weighted by molar-refractivity contribution is 5.23. The molecule has 0 radical (unpaired) electrons. The molecule has 1 aromatic rings. The van der Waals surface area contributed by atoms with Crippen LogP contribution >= 0.6 is 0 Å². The molecule has 0 saturated heterocycles. The number of likely N-dealkylation sites (N-methyl/N-ethyl adjacent to an activating group) is 1. The van der Waals surface area contributed by atoms with Gasteiger partial charge in [-0.2, -0.15) is 0 Å². The second-order valence-corrected chi connectivity index (χ2v) is 5.35. The van der Waals surface area contributed by atoms with Gasteiger partial charge in [-0.15, -0.1) is 0 Å². The van der Waals surface area contributed by atoms with Gasteiger partial charge < -0.3 is 10.1 Å². The molecule has 1 fully saturated rings. The third kappa shape index (κ3) is 3.56. The van der Waals surface area contributed by atoms with Gasteiger partial charge in [-0.05, 0) is 51.6 Å². The van der Waals surface area contributed by atoms with Crippen molar-refractivity contribution in [2.75, 3.05) is 13.7 Å². The number of nitrogens with one attached hydrogen (secondary N) is 1. The van der Waals surface area contributed by atoms with E-state index in [1.165, 1.54) is 24.0 Å². The van der Waals surface area contributed by atoms with Crippen LogP contribution in [0, 0.1) is 12.8 Å². The van der Waals surface area contributed by atoms with Gasteiger partial charge in [0.1, 0.15) is 0 Å². The van der Waals surface area contributed by atoms with E-state index in [1.54, 1.807) is 0 Å². The first kappa shape index (κ1) is 13.6. The summed E-state index contributed by atoms with van der Waals surface area (Å²) in [5.41, 5.74) is 2.74. The minimum absolute atomic E-state index is 0.375. The van der Waals surface area contributed by atoms with E-state index < -0.39 is 0 Å². The maximum atomic E-state index is 5.96. The maximum absolute atomic E-state index is 5.96. The van der Waals surface area contributed by atoms with Gasteiger partial charge in [0.15, 0.2) is 0 Å². The van der Waals surface area contributed by atoms with Crippen molar-refractivity contribution in [2.45, 2.75) is 45.3 Å². The topological polar surface area (TPSA) is 21.3 Å². The first-order valence-corrected chi connectivity index (χ1v) is 7.09. The Labute approximate surface area is 111 Å². The predicted molar refractivity (Wildman–Crippen MR) is 75.9 cm³/mol. The Morgan fingerprint density at radius 3 is 2.72 bits per heavy atom. The summed E-state index contributed by atoms with van der Waals surface area (Å²) >= 11 is 0. The van der Waals surface area contributed by atoms with Crippen LogP contribution in [0.5, 0.6) is 0 Å². The van der Waals surface area contributed by atoms with Crippen LogP contribution in [0.25, 0.3) is 0 Å². The molecule has 18 heavy (non-hydrogen) atoms. The summed E-state index contributed by atoms with van der Waals surface area (Å²) in [7, 11) is 2.05. The van der Waals surface area contributed by atoms with E-state index in [-0.39, 0.29) is 0 Å². The van der Waals surface area contributed by atoms with Gasteiger partial charge in [0, 0.05) is 12.6 Å². The van der Waals surface area contributed by atoms with E-state index in [4.69, 9.17) is 4.74 Å². The molecular weight excluding hydrogens is 222 g/mol. The molecule has 0 amide bonds. The van der Waals surface area contributed by atoms with Gasteiger partial charge >= 0.3 is 0 Å². The normalized spacial score (nSPS) is 18.6. The number of ether oxygens (including phenoxy) is 1. The molecule has 0 bridgehead atoms. The molecule has 1 aromatic carbocycles. The molecule has 1 N–H and O–H groups in total. The number of aryl methyl sites for hydroxylation is 1. The summed E-state index contributed by atoms with van der Waals surface area (Å²) in [6.45, 7) is 5.06. The summed E-state index contributed by atoms with van der Waals surface area (Å²) in [6, 6.07) is 9.22. The Balaban J connectivity index is 2.03. The number of hydrogen-bond donors (Lipinski definition) is 1. The molecule has 2 heteroatoms. The van der Waals surface area contributed by atoms with Crippen molar-refractivity contribution in [2.24, 2.45) is 5.92 Å². The Kier molecular flexibility index (Phi) is 4.79. The highest BCUT2D eigenvalue weighted by atomic mass is 16.5. The van der Waals surface area contributed by atoms with Gasteiger partial charge in [0.05, 0.1) is 6.10 Å². The van der Waals surface area contributed by atoms with Crippen molar-refractivity contribution in [3.63, 3.8) is 0 Å². The summed E-state index contributed by atoms with van der Waals surface area (Å²) in [5, 5.41) is 3.45. The summed E-state index contributed by atoms with van der Waals surface area (Å²) < 4.78 is 5.96. The predicted octanol–water partition coefficient (Wildman–Crippen LogP) is 2.94.